The molecule has 10 heteroatoms. The number of rotatable bonds is 8. The summed E-state index contributed by atoms with van der Waals surface area (Å²) in [5.41, 5.74) is -0.315. The molecular weight excluding hydrogens is 582 g/mol. The van der Waals surface area contributed by atoms with Crippen LogP contribution in [0.3, 0.4) is 0 Å². The van der Waals surface area contributed by atoms with Crippen molar-refractivity contribution in [3.63, 3.8) is 0 Å². The highest BCUT2D eigenvalue weighted by Crippen LogP contribution is 2.41. The summed E-state index contributed by atoms with van der Waals surface area (Å²) in [4.78, 5) is 28.4. The maximum atomic E-state index is 14.2. The molecule has 1 aliphatic carbocycles. The Balaban J connectivity index is 1.46. The fourth-order valence-electron chi connectivity index (χ4n) is 6.52. The molecule has 0 radical (unpaired) electrons. The summed E-state index contributed by atoms with van der Waals surface area (Å²) < 4.78 is 27.6. The van der Waals surface area contributed by atoms with Gasteiger partial charge in [0.1, 0.15) is 17.7 Å². The molecule has 1 N–H and O–H groups in total. The summed E-state index contributed by atoms with van der Waals surface area (Å²) in [6.45, 7) is 11.0. The van der Waals surface area contributed by atoms with Gasteiger partial charge in [0.25, 0.3) is 0 Å². The lowest BCUT2D eigenvalue weighted by molar-refractivity contribution is -0.134. The molecule has 3 aromatic rings. The van der Waals surface area contributed by atoms with Crippen LogP contribution in [0.4, 0.5) is 5.82 Å². The summed E-state index contributed by atoms with van der Waals surface area (Å²) in [7, 11) is -1.50. The molecule has 5 rings (SSSR count). The van der Waals surface area contributed by atoms with Crippen LogP contribution < -0.4 is 5.32 Å². The van der Waals surface area contributed by atoms with Crippen molar-refractivity contribution in [1.82, 2.24) is 19.8 Å². The predicted molar refractivity (Wildman–Crippen MR) is 173 cm³/mol. The highest BCUT2D eigenvalue weighted by atomic mass is 35.5. The molecule has 2 aromatic carbocycles. The number of fused-ring (bicyclic) bond motifs is 1. The van der Waals surface area contributed by atoms with Crippen LogP contribution in [0.2, 0.25) is 5.02 Å². The molecule has 8 nitrogen and oxygen atoms in total. The number of halogens is 1. The van der Waals surface area contributed by atoms with Crippen LogP contribution in [0, 0.1) is 0 Å². The maximum Gasteiger partial charge on any atom is 0.245 e. The van der Waals surface area contributed by atoms with Crippen LogP contribution in [0.25, 0.3) is 10.9 Å². The number of carbonyl (C=O) groups excluding carboxylic acids is 1. The highest BCUT2D eigenvalue weighted by molar-refractivity contribution is 7.91. The number of amides is 1. The third-order valence-corrected chi connectivity index (χ3v) is 11.4. The second-order valence-electron chi connectivity index (χ2n) is 13.6. The van der Waals surface area contributed by atoms with E-state index in [1.165, 1.54) is 0 Å². The Morgan fingerprint density at radius 2 is 1.74 bits per heavy atom. The molecule has 232 valence electrons. The number of hydrogen-bond acceptors (Lipinski definition) is 7. The molecule has 1 saturated heterocycles. The van der Waals surface area contributed by atoms with E-state index in [4.69, 9.17) is 21.6 Å². The number of nitrogens with zero attached hydrogens (tertiary/aromatic N) is 4. The predicted octanol–water partition coefficient (Wildman–Crippen LogP) is 6.09. The monoisotopic (exact) mass is 625 g/mol. The van der Waals surface area contributed by atoms with Crippen LogP contribution >= 0.6 is 11.6 Å². The first-order valence-electron chi connectivity index (χ1n) is 15.3. The fraction of sp³-hybridized carbons (Fsp3) is 0.545. The summed E-state index contributed by atoms with van der Waals surface area (Å²) in [6.07, 6.45) is 3.51. The average Bonchev–Trinajstić information content (AvgIpc) is 3.33. The van der Waals surface area contributed by atoms with E-state index in [9.17, 15) is 13.2 Å². The van der Waals surface area contributed by atoms with Gasteiger partial charge in [-0.1, -0.05) is 50.6 Å². The van der Waals surface area contributed by atoms with Crippen molar-refractivity contribution in [2.24, 2.45) is 0 Å². The standard InChI is InChI=1S/C33H44ClN5O3S/c1-22(2)38(6)24-14-17-33(18-15-24,21-43(41,42)25-10-8-7-9-11-25)39-19-16-28(30(39)40)35-29-26-20-23(34)12-13-27(26)36-31(37-29)32(3,4)5/h7-13,20,22,24,28H,14-19,21H2,1-6H3,(H,35,36,37)/t24?,28-,33?/m0/s1. The van der Waals surface area contributed by atoms with E-state index in [1.807, 2.05) is 23.1 Å². The molecule has 1 atom stereocenters. The molecule has 0 spiro atoms. The number of aromatic nitrogens is 2. The second-order valence-corrected chi connectivity index (χ2v) is 16.0. The summed E-state index contributed by atoms with van der Waals surface area (Å²) in [5, 5.41) is 4.76. The van der Waals surface area contributed by atoms with Crippen molar-refractivity contribution in [2.45, 2.75) is 101 Å². The van der Waals surface area contributed by atoms with Crippen LogP contribution in [0.5, 0.6) is 0 Å². The van der Waals surface area contributed by atoms with Crippen LogP contribution in [0.15, 0.2) is 53.4 Å². The van der Waals surface area contributed by atoms with Gasteiger partial charge < -0.3 is 15.1 Å². The Kier molecular flexibility index (Phi) is 8.82. The van der Waals surface area contributed by atoms with Crippen molar-refractivity contribution < 1.29 is 13.2 Å². The van der Waals surface area contributed by atoms with Crippen molar-refractivity contribution in [2.75, 3.05) is 24.7 Å². The first-order chi connectivity index (χ1) is 20.2. The van der Waals surface area contributed by atoms with Gasteiger partial charge in [0.05, 0.1) is 21.7 Å². The molecule has 0 unspecified atom stereocenters. The van der Waals surface area contributed by atoms with E-state index in [1.54, 1.807) is 30.3 Å². The van der Waals surface area contributed by atoms with E-state index in [0.29, 0.717) is 59.5 Å². The molecule has 1 amide bonds. The van der Waals surface area contributed by atoms with Gasteiger partial charge in [-0.25, -0.2) is 18.4 Å². The average molecular weight is 626 g/mol. The lowest BCUT2D eigenvalue weighted by atomic mass is 9.78. The maximum absolute atomic E-state index is 14.2. The zero-order valence-corrected chi connectivity index (χ0v) is 27.7. The normalized spacial score (nSPS) is 23.5. The smallest absolute Gasteiger partial charge is 0.245 e. The Hall–Kier alpha value is -2.75. The molecule has 0 bridgehead atoms. The van der Waals surface area contributed by atoms with Gasteiger partial charge in [-0.15, -0.1) is 0 Å². The van der Waals surface area contributed by atoms with E-state index in [2.05, 4.69) is 51.9 Å². The first-order valence-corrected chi connectivity index (χ1v) is 17.3. The van der Waals surface area contributed by atoms with Crippen LogP contribution in [0.1, 0.15) is 72.5 Å². The molecule has 1 aliphatic heterocycles. The summed E-state index contributed by atoms with van der Waals surface area (Å²) in [6, 6.07) is 14.3. The number of benzene rings is 2. The van der Waals surface area contributed by atoms with Gasteiger partial charge in [0, 0.05) is 34.5 Å². The van der Waals surface area contributed by atoms with E-state index in [-0.39, 0.29) is 17.1 Å². The van der Waals surface area contributed by atoms with Crippen molar-refractivity contribution in [3.05, 3.63) is 59.4 Å². The van der Waals surface area contributed by atoms with E-state index in [0.717, 1.165) is 23.7 Å². The molecule has 2 heterocycles. The van der Waals surface area contributed by atoms with Gasteiger partial charge in [0.2, 0.25) is 5.91 Å². The molecular formula is C33H44ClN5O3S. The Morgan fingerprint density at radius 3 is 2.37 bits per heavy atom. The SMILES string of the molecule is CC(C)N(C)C1CCC(CS(=O)(=O)c2ccccc2)(N2CC[C@H](Nc3nc(C(C)(C)C)nc4ccc(Cl)cc34)C2=O)CC1. The zero-order chi connectivity index (χ0) is 31.2. The minimum Gasteiger partial charge on any atom is -0.358 e. The van der Waals surface area contributed by atoms with Crippen LogP contribution in [-0.2, 0) is 20.0 Å². The largest absolute Gasteiger partial charge is 0.358 e. The quantitative estimate of drug-likeness (QED) is 0.324. The number of sulfone groups is 1. The Labute approximate surface area is 261 Å². The second kappa shape index (κ2) is 12.0. The minimum atomic E-state index is -3.63. The molecule has 1 saturated carbocycles. The van der Waals surface area contributed by atoms with Gasteiger partial charge in [-0.3, -0.25) is 4.79 Å². The number of carbonyl (C=O) groups is 1. The van der Waals surface area contributed by atoms with Crippen molar-refractivity contribution in [3.8, 4) is 0 Å². The molecule has 1 aromatic heterocycles. The van der Waals surface area contributed by atoms with Crippen molar-refractivity contribution >= 4 is 44.1 Å². The first kappa shape index (κ1) is 31.7. The molecule has 2 fully saturated rings. The van der Waals surface area contributed by atoms with E-state index < -0.39 is 21.4 Å². The number of hydrogen-bond donors (Lipinski definition) is 1. The zero-order valence-electron chi connectivity index (χ0n) is 26.1. The number of likely N-dealkylation sites (tertiary alicyclic amines) is 1. The molecule has 43 heavy (non-hydrogen) atoms. The summed E-state index contributed by atoms with van der Waals surface area (Å²) >= 11 is 6.36. The summed E-state index contributed by atoms with van der Waals surface area (Å²) in [5.74, 6) is 1.09. The number of nitrogens with one attached hydrogen (secondary N) is 1. The Bertz CT molecular complexity index is 1580. The van der Waals surface area contributed by atoms with Crippen molar-refractivity contribution in [1.29, 1.82) is 0 Å². The van der Waals surface area contributed by atoms with Gasteiger partial charge >= 0.3 is 0 Å². The van der Waals surface area contributed by atoms with Gasteiger partial charge in [-0.05, 0) is 83.3 Å². The fourth-order valence-corrected chi connectivity index (χ4v) is 8.58. The highest BCUT2D eigenvalue weighted by Gasteiger charge is 2.50. The third-order valence-electron chi connectivity index (χ3n) is 9.25. The Morgan fingerprint density at radius 1 is 1.07 bits per heavy atom. The van der Waals surface area contributed by atoms with Gasteiger partial charge in [0.15, 0.2) is 9.84 Å². The third kappa shape index (κ3) is 6.54. The van der Waals surface area contributed by atoms with E-state index >= 15 is 0 Å². The van der Waals surface area contributed by atoms with Gasteiger partial charge in [-0.2, -0.15) is 0 Å². The topological polar surface area (TPSA) is 95.5 Å². The lowest BCUT2D eigenvalue weighted by Gasteiger charge is -2.48. The van der Waals surface area contributed by atoms with Crippen LogP contribution in [-0.4, -0.2) is 77.1 Å². The number of anilines is 1. The minimum absolute atomic E-state index is 0.0787. The lowest BCUT2D eigenvalue weighted by Crippen LogP contribution is -2.58. The molecule has 2 aliphatic rings.